The molecule has 0 aliphatic heterocycles. The zero-order valence-corrected chi connectivity index (χ0v) is 9.32. The molecule has 1 aromatic carbocycles. The van der Waals surface area contributed by atoms with E-state index in [1.807, 2.05) is 0 Å². The Morgan fingerprint density at radius 1 is 1.47 bits per heavy atom. The van der Waals surface area contributed by atoms with Crippen molar-refractivity contribution in [3.63, 3.8) is 0 Å². The molecule has 0 aromatic heterocycles. The summed E-state index contributed by atoms with van der Waals surface area (Å²) in [5.41, 5.74) is 5.89. The lowest BCUT2D eigenvalue weighted by Crippen LogP contribution is -2.47. The maximum atomic E-state index is 12.8. The fraction of sp³-hybridized carbons (Fsp3) is 0.417. The van der Waals surface area contributed by atoms with Crippen LogP contribution in [0.25, 0.3) is 0 Å². The van der Waals surface area contributed by atoms with Gasteiger partial charge in [0.2, 0.25) is 5.91 Å². The van der Waals surface area contributed by atoms with Gasteiger partial charge in [-0.3, -0.25) is 4.79 Å². The van der Waals surface area contributed by atoms with Gasteiger partial charge in [0.05, 0.1) is 12.1 Å². The van der Waals surface area contributed by atoms with Crippen LogP contribution in [-0.4, -0.2) is 23.7 Å². The molecule has 1 amide bonds. The molecule has 4 nitrogen and oxygen atoms in total. The highest BCUT2D eigenvalue weighted by Gasteiger charge is 2.46. The van der Waals surface area contributed by atoms with Crippen LogP contribution in [0.2, 0.25) is 0 Å². The number of aliphatic hydroxyl groups is 1. The number of nitrogens with two attached hydrogens (primary N) is 1. The van der Waals surface area contributed by atoms with Gasteiger partial charge in [-0.2, -0.15) is 0 Å². The molecule has 1 aromatic rings. The van der Waals surface area contributed by atoms with Crippen LogP contribution in [0.1, 0.15) is 18.4 Å². The van der Waals surface area contributed by atoms with Gasteiger partial charge < -0.3 is 16.2 Å². The van der Waals surface area contributed by atoms with Gasteiger partial charge in [0, 0.05) is 0 Å². The number of rotatable bonds is 4. The SMILES string of the molecule is NC(CO)C(=O)NC1(c2ccc(F)cc2)CC1. The van der Waals surface area contributed by atoms with Crippen molar-refractivity contribution < 1.29 is 14.3 Å². The number of amides is 1. The van der Waals surface area contributed by atoms with Gasteiger partial charge in [0.15, 0.2) is 0 Å². The minimum Gasteiger partial charge on any atom is -0.394 e. The van der Waals surface area contributed by atoms with Crippen LogP contribution in [-0.2, 0) is 10.3 Å². The minimum absolute atomic E-state index is 0.303. The van der Waals surface area contributed by atoms with Crippen LogP contribution >= 0.6 is 0 Å². The summed E-state index contributed by atoms with van der Waals surface area (Å²) in [4.78, 5) is 11.6. The molecule has 17 heavy (non-hydrogen) atoms. The Hall–Kier alpha value is -1.46. The number of halogens is 1. The lowest BCUT2D eigenvalue weighted by Gasteiger charge is -2.20. The highest BCUT2D eigenvalue weighted by molar-refractivity contribution is 5.83. The summed E-state index contributed by atoms with van der Waals surface area (Å²) < 4.78 is 12.8. The Morgan fingerprint density at radius 2 is 2.06 bits per heavy atom. The number of hydrogen-bond acceptors (Lipinski definition) is 3. The van der Waals surface area contributed by atoms with E-state index in [4.69, 9.17) is 10.8 Å². The van der Waals surface area contributed by atoms with Crippen molar-refractivity contribution in [2.24, 2.45) is 5.73 Å². The van der Waals surface area contributed by atoms with E-state index < -0.39 is 11.6 Å². The van der Waals surface area contributed by atoms with Crippen LogP contribution in [0.3, 0.4) is 0 Å². The Morgan fingerprint density at radius 3 is 2.53 bits per heavy atom. The summed E-state index contributed by atoms with van der Waals surface area (Å²) in [5, 5.41) is 11.6. The van der Waals surface area contributed by atoms with E-state index in [1.165, 1.54) is 12.1 Å². The van der Waals surface area contributed by atoms with E-state index in [9.17, 15) is 9.18 Å². The van der Waals surface area contributed by atoms with Crippen molar-refractivity contribution in [1.29, 1.82) is 0 Å². The molecule has 1 aliphatic carbocycles. The lowest BCUT2D eigenvalue weighted by atomic mass is 10.0. The number of benzene rings is 1. The molecule has 1 unspecified atom stereocenters. The van der Waals surface area contributed by atoms with Gasteiger partial charge in [-0.1, -0.05) is 12.1 Å². The smallest absolute Gasteiger partial charge is 0.239 e. The molecule has 0 spiro atoms. The van der Waals surface area contributed by atoms with E-state index in [2.05, 4.69) is 5.32 Å². The molecule has 0 saturated heterocycles. The predicted molar refractivity (Wildman–Crippen MR) is 60.5 cm³/mol. The lowest BCUT2D eigenvalue weighted by molar-refractivity contribution is -0.124. The summed E-state index contributed by atoms with van der Waals surface area (Å²) in [6.07, 6.45) is 1.62. The monoisotopic (exact) mass is 238 g/mol. The Kier molecular flexibility index (Phi) is 3.13. The van der Waals surface area contributed by atoms with Crippen molar-refractivity contribution >= 4 is 5.91 Å². The number of hydrogen-bond donors (Lipinski definition) is 3. The Labute approximate surface area is 98.6 Å². The van der Waals surface area contributed by atoms with E-state index in [1.54, 1.807) is 12.1 Å². The van der Waals surface area contributed by atoms with Gasteiger partial charge in [-0.25, -0.2) is 4.39 Å². The van der Waals surface area contributed by atoms with Gasteiger partial charge in [0.1, 0.15) is 11.9 Å². The standard InChI is InChI=1S/C12H15FN2O2/c13-9-3-1-8(2-4-9)12(5-6-12)15-11(17)10(14)7-16/h1-4,10,16H,5-7,14H2,(H,15,17). The fourth-order valence-corrected chi connectivity index (χ4v) is 1.79. The van der Waals surface area contributed by atoms with E-state index in [0.717, 1.165) is 18.4 Å². The van der Waals surface area contributed by atoms with Gasteiger partial charge >= 0.3 is 0 Å². The normalized spacial score (nSPS) is 18.5. The molecular formula is C12H15FN2O2. The van der Waals surface area contributed by atoms with Crippen molar-refractivity contribution in [2.45, 2.75) is 24.4 Å². The van der Waals surface area contributed by atoms with Crippen LogP contribution in [0.5, 0.6) is 0 Å². The maximum Gasteiger partial charge on any atom is 0.239 e. The van der Waals surface area contributed by atoms with Crippen LogP contribution < -0.4 is 11.1 Å². The maximum absolute atomic E-state index is 12.8. The fourth-order valence-electron chi connectivity index (χ4n) is 1.79. The third-order valence-corrected chi connectivity index (χ3v) is 3.04. The number of carbonyl (C=O) groups is 1. The zero-order chi connectivity index (χ0) is 12.5. The molecule has 0 bridgehead atoms. The van der Waals surface area contributed by atoms with Crippen LogP contribution in [0, 0.1) is 5.82 Å². The van der Waals surface area contributed by atoms with Crippen molar-refractivity contribution in [1.82, 2.24) is 5.32 Å². The molecule has 1 fully saturated rings. The largest absolute Gasteiger partial charge is 0.394 e. The molecule has 0 radical (unpaired) electrons. The predicted octanol–water partition coefficient (Wildman–Crippen LogP) is 0.251. The van der Waals surface area contributed by atoms with Crippen molar-refractivity contribution in [2.75, 3.05) is 6.61 Å². The molecule has 1 atom stereocenters. The molecule has 92 valence electrons. The van der Waals surface area contributed by atoms with Gasteiger partial charge in [0.25, 0.3) is 0 Å². The summed E-state index contributed by atoms with van der Waals surface area (Å²) in [6, 6.07) is 5.15. The first-order valence-corrected chi connectivity index (χ1v) is 5.52. The molecule has 0 heterocycles. The second kappa shape index (κ2) is 4.43. The van der Waals surface area contributed by atoms with Crippen LogP contribution in [0.15, 0.2) is 24.3 Å². The molecule has 1 aliphatic rings. The highest BCUT2D eigenvalue weighted by atomic mass is 19.1. The van der Waals surface area contributed by atoms with Gasteiger partial charge in [-0.15, -0.1) is 0 Å². The van der Waals surface area contributed by atoms with E-state index in [-0.39, 0.29) is 18.3 Å². The summed E-state index contributed by atoms with van der Waals surface area (Å²) >= 11 is 0. The zero-order valence-electron chi connectivity index (χ0n) is 9.32. The molecular weight excluding hydrogens is 223 g/mol. The molecule has 1 saturated carbocycles. The van der Waals surface area contributed by atoms with Gasteiger partial charge in [-0.05, 0) is 30.5 Å². The van der Waals surface area contributed by atoms with Crippen molar-refractivity contribution in [3.8, 4) is 0 Å². The number of aliphatic hydroxyl groups excluding tert-OH is 1. The molecule has 2 rings (SSSR count). The number of nitrogens with one attached hydrogen (secondary N) is 1. The summed E-state index contributed by atoms with van der Waals surface area (Å²) in [6.45, 7) is -0.384. The summed E-state index contributed by atoms with van der Waals surface area (Å²) in [7, 11) is 0. The van der Waals surface area contributed by atoms with E-state index in [0.29, 0.717) is 0 Å². The highest BCUT2D eigenvalue weighted by Crippen LogP contribution is 2.45. The quantitative estimate of drug-likeness (QED) is 0.704. The average Bonchev–Trinajstić information content (AvgIpc) is 3.09. The number of carbonyl (C=O) groups excluding carboxylic acids is 1. The summed E-state index contributed by atoms with van der Waals surface area (Å²) in [5.74, 6) is -0.683. The van der Waals surface area contributed by atoms with Crippen molar-refractivity contribution in [3.05, 3.63) is 35.6 Å². The topological polar surface area (TPSA) is 75.3 Å². The third-order valence-electron chi connectivity index (χ3n) is 3.04. The first-order valence-electron chi connectivity index (χ1n) is 5.52. The first-order chi connectivity index (χ1) is 8.07. The first kappa shape index (κ1) is 12.0. The minimum atomic E-state index is -0.909. The molecule has 5 heteroatoms. The Balaban J connectivity index is 2.10. The second-order valence-electron chi connectivity index (χ2n) is 4.37. The second-order valence-corrected chi connectivity index (χ2v) is 4.37. The van der Waals surface area contributed by atoms with Crippen LogP contribution in [0.4, 0.5) is 4.39 Å². The third kappa shape index (κ3) is 2.45. The average molecular weight is 238 g/mol. The Bertz CT molecular complexity index is 415. The van der Waals surface area contributed by atoms with E-state index >= 15 is 0 Å². The molecule has 4 N–H and O–H groups in total.